The van der Waals surface area contributed by atoms with Gasteiger partial charge in [-0.2, -0.15) is 0 Å². The second-order valence-electron chi connectivity index (χ2n) is 7.64. The topological polar surface area (TPSA) is 94.2 Å². The average molecular weight is 610 g/mol. The summed E-state index contributed by atoms with van der Waals surface area (Å²) in [5.74, 6) is 0.875. The molecule has 0 radical (unpaired) electrons. The van der Waals surface area contributed by atoms with Crippen LogP contribution < -0.4 is 19.5 Å². The third-order valence-corrected chi connectivity index (χ3v) is 6.78. The Morgan fingerprint density at radius 1 is 1.20 bits per heavy atom. The van der Waals surface area contributed by atoms with Crippen molar-refractivity contribution in [2.45, 2.75) is 33.3 Å². The van der Waals surface area contributed by atoms with E-state index in [-0.39, 0.29) is 17.6 Å². The van der Waals surface area contributed by atoms with Gasteiger partial charge in [0.2, 0.25) is 5.91 Å². The Hall–Kier alpha value is -2.73. The number of amides is 3. The summed E-state index contributed by atoms with van der Waals surface area (Å²) in [7, 11) is 1.55. The summed E-state index contributed by atoms with van der Waals surface area (Å²) in [5.41, 5.74) is 1.23. The minimum Gasteiger partial charge on any atom is -0.494 e. The van der Waals surface area contributed by atoms with Crippen molar-refractivity contribution >= 4 is 63.2 Å². The van der Waals surface area contributed by atoms with E-state index in [0.717, 1.165) is 26.7 Å². The summed E-state index contributed by atoms with van der Waals surface area (Å²) in [4.78, 5) is 39.0. The Kier molecular flexibility index (Phi) is 9.44. The van der Waals surface area contributed by atoms with Crippen molar-refractivity contribution in [2.24, 2.45) is 0 Å². The fourth-order valence-corrected chi connectivity index (χ4v) is 4.75. The molecule has 1 saturated heterocycles. The number of imide groups is 1. The smallest absolute Gasteiger partial charge is 0.294 e. The van der Waals surface area contributed by atoms with Crippen LogP contribution in [0.4, 0.5) is 10.5 Å². The SMILES string of the molecule is CCOc1ccc(NC(=O)CN2C(=O)S/C(=C/c3cc(I)c(O[C@H](C)CC)c(OC)c3)C2=O)cc1. The number of nitrogens with zero attached hydrogens (tertiary/aromatic N) is 1. The molecule has 1 heterocycles. The Balaban J connectivity index is 1.71. The highest BCUT2D eigenvalue weighted by atomic mass is 127. The quantitative estimate of drug-likeness (QED) is 0.279. The van der Waals surface area contributed by atoms with Crippen molar-refractivity contribution in [1.82, 2.24) is 4.90 Å². The molecule has 35 heavy (non-hydrogen) atoms. The van der Waals surface area contributed by atoms with Crippen LogP contribution in [0.3, 0.4) is 0 Å². The van der Waals surface area contributed by atoms with Gasteiger partial charge in [-0.25, -0.2) is 0 Å². The number of hydrogen-bond acceptors (Lipinski definition) is 7. The van der Waals surface area contributed by atoms with E-state index in [9.17, 15) is 14.4 Å². The Bertz CT molecular complexity index is 1140. The maximum Gasteiger partial charge on any atom is 0.294 e. The number of methoxy groups -OCH3 is 1. The molecule has 8 nitrogen and oxygen atoms in total. The van der Waals surface area contributed by atoms with Gasteiger partial charge < -0.3 is 19.5 Å². The van der Waals surface area contributed by atoms with Crippen molar-refractivity contribution in [3.63, 3.8) is 0 Å². The lowest BCUT2D eigenvalue weighted by Crippen LogP contribution is -2.36. The summed E-state index contributed by atoms with van der Waals surface area (Å²) in [6.07, 6.45) is 2.49. The van der Waals surface area contributed by atoms with Gasteiger partial charge in [0, 0.05) is 5.69 Å². The number of hydrogen-bond donors (Lipinski definition) is 1. The van der Waals surface area contributed by atoms with Crippen LogP contribution in [0.2, 0.25) is 0 Å². The summed E-state index contributed by atoms with van der Waals surface area (Å²) >= 11 is 2.95. The van der Waals surface area contributed by atoms with Gasteiger partial charge in [0.15, 0.2) is 11.5 Å². The first-order valence-electron chi connectivity index (χ1n) is 11.1. The third-order valence-electron chi connectivity index (χ3n) is 5.07. The highest BCUT2D eigenvalue weighted by Gasteiger charge is 2.36. The first-order chi connectivity index (χ1) is 16.7. The van der Waals surface area contributed by atoms with E-state index in [2.05, 4.69) is 27.9 Å². The summed E-state index contributed by atoms with van der Waals surface area (Å²) in [5, 5.41) is 2.19. The van der Waals surface area contributed by atoms with E-state index in [1.165, 1.54) is 0 Å². The molecular formula is C25H27IN2O6S. The zero-order chi connectivity index (χ0) is 25.5. The van der Waals surface area contributed by atoms with E-state index in [4.69, 9.17) is 14.2 Å². The highest BCUT2D eigenvalue weighted by Crippen LogP contribution is 2.38. The lowest BCUT2D eigenvalue weighted by atomic mass is 10.1. The summed E-state index contributed by atoms with van der Waals surface area (Å²) < 4.78 is 17.7. The standard InChI is InChI=1S/C25H27IN2O6S/c1-5-15(3)34-23-19(26)11-16(12-20(23)32-4)13-21-24(30)28(25(31)35-21)14-22(29)27-17-7-9-18(10-8-17)33-6-2/h7-13,15H,5-6,14H2,1-4H3,(H,27,29)/b21-13+/t15-/m1/s1. The molecule has 0 aromatic heterocycles. The molecule has 1 aliphatic heterocycles. The third kappa shape index (κ3) is 6.91. The van der Waals surface area contributed by atoms with Crippen LogP contribution in [0.25, 0.3) is 6.08 Å². The van der Waals surface area contributed by atoms with Crippen molar-refractivity contribution < 1.29 is 28.6 Å². The molecule has 0 bridgehead atoms. The molecule has 2 aromatic carbocycles. The minimum atomic E-state index is -0.518. The predicted octanol–water partition coefficient (Wildman–Crippen LogP) is 5.55. The molecule has 3 rings (SSSR count). The van der Waals surface area contributed by atoms with Crippen molar-refractivity contribution in [3.8, 4) is 17.2 Å². The van der Waals surface area contributed by atoms with Gasteiger partial charge in [0.1, 0.15) is 12.3 Å². The van der Waals surface area contributed by atoms with Crippen LogP contribution in [0.5, 0.6) is 17.2 Å². The van der Waals surface area contributed by atoms with Crippen LogP contribution in [-0.4, -0.2) is 48.3 Å². The Morgan fingerprint density at radius 2 is 1.91 bits per heavy atom. The number of rotatable bonds is 10. The number of nitrogens with one attached hydrogen (secondary N) is 1. The first kappa shape index (κ1) is 26.9. The van der Waals surface area contributed by atoms with E-state index in [0.29, 0.717) is 35.1 Å². The second-order valence-corrected chi connectivity index (χ2v) is 9.80. The van der Waals surface area contributed by atoms with Crippen molar-refractivity contribution in [1.29, 1.82) is 0 Å². The Labute approximate surface area is 222 Å². The second kappa shape index (κ2) is 12.3. The van der Waals surface area contributed by atoms with Gasteiger partial charge in [-0.15, -0.1) is 0 Å². The number of carbonyl (C=O) groups is 3. The molecule has 1 atom stereocenters. The van der Waals surface area contributed by atoms with Crippen LogP contribution in [0, 0.1) is 3.57 Å². The molecule has 0 aliphatic carbocycles. The van der Waals surface area contributed by atoms with Crippen molar-refractivity contribution in [2.75, 3.05) is 25.6 Å². The van der Waals surface area contributed by atoms with Crippen LogP contribution in [-0.2, 0) is 9.59 Å². The van der Waals surface area contributed by atoms with Crippen LogP contribution in [0.15, 0.2) is 41.3 Å². The summed E-state index contributed by atoms with van der Waals surface area (Å²) in [6.45, 7) is 6.06. The van der Waals surface area contributed by atoms with E-state index in [1.54, 1.807) is 43.5 Å². The maximum absolute atomic E-state index is 12.9. The first-order valence-corrected chi connectivity index (χ1v) is 13.0. The average Bonchev–Trinajstić information content (AvgIpc) is 3.09. The molecule has 1 N–H and O–H groups in total. The van der Waals surface area contributed by atoms with Crippen LogP contribution >= 0.6 is 34.4 Å². The largest absolute Gasteiger partial charge is 0.494 e. The van der Waals surface area contributed by atoms with Crippen LogP contribution in [0.1, 0.15) is 32.8 Å². The summed E-state index contributed by atoms with van der Waals surface area (Å²) in [6, 6.07) is 10.5. The van der Waals surface area contributed by atoms with Crippen molar-refractivity contribution in [3.05, 3.63) is 50.4 Å². The number of ether oxygens (including phenoxy) is 3. The number of benzene rings is 2. The van der Waals surface area contributed by atoms with E-state index in [1.807, 2.05) is 26.8 Å². The molecule has 2 aromatic rings. The molecule has 3 amide bonds. The van der Waals surface area contributed by atoms with Gasteiger partial charge in [-0.3, -0.25) is 19.3 Å². The van der Waals surface area contributed by atoms with E-state index < -0.39 is 17.1 Å². The molecule has 186 valence electrons. The van der Waals surface area contributed by atoms with Gasteiger partial charge in [0.05, 0.1) is 28.3 Å². The van der Waals surface area contributed by atoms with Gasteiger partial charge in [0.25, 0.3) is 11.1 Å². The van der Waals surface area contributed by atoms with E-state index >= 15 is 0 Å². The lowest BCUT2D eigenvalue weighted by molar-refractivity contribution is -0.127. The zero-order valence-electron chi connectivity index (χ0n) is 19.9. The highest BCUT2D eigenvalue weighted by molar-refractivity contribution is 14.1. The maximum atomic E-state index is 12.9. The molecule has 10 heteroatoms. The lowest BCUT2D eigenvalue weighted by Gasteiger charge is -2.17. The van der Waals surface area contributed by atoms with Gasteiger partial charge in [-0.1, -0.05) is 6.92 Å². The molecule has 1 aliphatic rings. The molecular weight excluding hydrogens is 583 g/mol. The molecule has 1 fully saturated rings. The molecule has 0 unspecified atom stereocenters. The number of thioether (sulfide) groups is 1. The number of carbonyl (C=O) groups excluding carboxylic acids is 3. The van der Waals surface area contributed by atoms with Gasteiger partial charge >= 0.3 is 0 Å². The normalized spacial score (nSPS) is 15.3. The molecule has 0 saturated carbocycles. The fraction of sp³-hybridized carbons (Fsp3) is 0.320. The Morgan fingerprint density at radius 3 is 2.54 bits per heavy atom. The predicted molar refractivity (Wildman–Crippen MR) is 145 cm³/mol. The minimum absolute atomic E-state index is 0.0218. The van der Waals surface area contributed by atoms with Gasteiger partial charge in [-0.05, 0) is 103 Å². The monoisotopic (exact) mass is 610 g/mol. The number of anilines is 1. The number of halogens is 1. The zero-order valence-corrected chi connectivity index (χ0v) is 22.9. The molecule has 0 spiro atoms. The fourth-order valence-electron chi connectivity index (χ4n) is 3.15.